The molecule has 0 aliphatic heterocycles. The monoisotopic (exact) mass is 448 g/mol. The molecule has 1 atom stereocenters. The van der Waals surface area contributed by atoms with E-state index in [1.807, 2.05) is 12.1 Å². The van der Waals surface area contributed by atoms with Gasteiger partial charge in [0.2, 0.25) is 11.9 Å². The first-order chi connectivity index (χ1) is 13.8. The Bertz CT molecular complexity index is 1080. The van der Waals surface area contributed by atoms with Crippen LogP contribution in [0.1, 0.15) is 6.92 Å². The summed E-state index contributed by atoms with van der Waals surface area (Å²) in [5.74, 6) is -0.214. The first kappa shape index (κ1) is 21.1. The third kappa shape index (κ3) is 5.93. The standard InChI is InChI=1S/C19H17ClN4O3S2/c1-13(28-16-7-3-14(20)4-8-16)18(25)23-15-5-9-17(10-6-15)29(26,27)24-19-21-11-2-12-22-19/h2-13H,1H3,(H,23,25)(H,21,22,24)/t13-/m0/s1. The van der Waals surface area contributed by atoms with Gasteiger partial charge in [0, 0.05) is 28.0 Å². The van der Waals surface area contributed by atoms with Crippen molar-refractivity contribution in [3.8, 4) is 0 Å². The molecule has 10 heteroatoms. The number of nitrogens with zero attached hydrogens (tertiary/aromatic N) is 2. The summed E-state index contributed by atoms with van der Waals surface area (Å²) < 4.78 is 27.1. The second kappa shape index (κ2) is 9.25. The molecule has 1 heterocycles. The van der Waals surface area contributed by atoms with E-state index in [1.54, 1.807) is 25.1 Å². The number of anilines is 2. The molecule has 3 rings (SSSR count). The quantitative estimate of drug-likeness (QED) is 0.529. The fourth-order valence-electron chi connectivity index (χ4n) is 2.26. The van der Waals surface area contributed by atoms with Gasteiger partial charge in [-0.15, -0.1) is 11.8 Å². The van der Waals surface area contributed by atoms with Gasteiger partial charge >= 0.3 is 0 Å². The van der Waals surface area contributed by atoms with Crippen LogP contribution in [0, 0.1) is 0 Å². The second-order valence-corrected chi connectivity index (χ2v) is 9.44. The molecule has 3 aromatic rings. The van der Waals surface area contributed by atoms with Crippen molar-refractivity contribution >= 4 is 50.9 Å². The molecule has 0 bridgehead atoms. The summed E-state index contributed by atoms with van der Waals surface area (Å²) in [6, 6.07) is 14.7. The van der Waals surface area contributed by atoms with Crippen molar-refractivity contribution < 1.29 is 13.2 Å². The number of benzene rings is 2. The summed E-state index contributed by atoms with van der Waals surface area (Å²) in [5, 5.41) is 3.06. The van der Waals surface area contributed by atoms with Crippen LogP contribution in [0.2, 0.25) is 5.02 Å². The van der Waals surface area contributed by atoms with E-state index in [1.165, 1.54) is 48.4 Å². The van der Waals surface area contributed by atoms with Gasteiger partial charge in [0.15, 0.2) is 0 Å². The molecule has 0 fully saturated rings. The summed E-state index contributed by atoms with van der Waals surface area (Å²) in [6.07, 6.45) is 2.87. The minimum atomic E-state index is -3.82. The molecule has 2 N–H and O–H groups in total. The summed E-state index contributed by atoms with van der Waals surface area (Å²) >= 11 is 7.26. The van der Waals surface area contributed by atoms with Gasteiger partial charge in [0.25, 0.3) is 10.0 Å². The first-order valence-corrected chi connectivity index (χ1v) is 11.2. The average molecular weight is 449 g/mol. The fourth-order valence-corrected chi connectivity index (χ4v) is 4.21. The zero-order chi connectivity index (χ0) is 20.9. The number of sulfonamides is 1. The van der Waals surface area contributed by atoms with Crippen molar-refractivity contribution in [2.75, 3.05) is 10.0 Å². The van der Waals surface area contributed by atoms with Gasteiger partial charge in [-0.3, -0.25) is 4.79 Å². The summed E-state index contributed by atoms with van der Waals surface area (Å²) in [7, 11) is -3.82. The lowest BCUT2D eigenvalue weighted by molar-refractivity contribution is -0.115. The molecular formula is C19H17ClN4O3S2. The molecule has 0 aliphatic rings. The molecule has 0 radical (unpaired) electrons. The summed E-state index contributed by atoms with van der Waals surface area (Å²) in [5.41, 5.74) is 0.494. The van der Waals surface area contributed by atoms with Crippen LogP contribution in [0.5, 0.6) is 0 Å². The lowest BCUT2D eigenvalue weighted by Gasteiger charge is -2.13. The van der Waals surface area contributed by atoms with Gasteiger partial charge in [-0.1, -0.05) is 11.6 Å². The number of aromatic nitrogens is 2. The van der Waals surface area contributed by atoms with Crippen LogP contribution >= 0.6 is 23.4 Å². The van der Waals surface area contributed by atoms with E-state index in [2.05, 4.69) is 20.0 Å². The Hall–Kier alpha value is -2.62. The Balaban J connectivity index is 1.62. The largest absolute Gasteiger partial charge is 0.325 e. The number of thioether (sulfide) groups is 1. The second-order valence-electron chi connectivity index (χ2n) is 5.91. The molecule has 0 spiro atoms. The van der Waals surface area contributed by atoms with Crippen LogP contribution in [0.15, 0.2) is 76.8 Å². The maximum Gasteiger partial charge on any atom is 0.264 e. The van der Waals surface area contributed by atoms with E-state index >= 15 is 0 Å². The van der Waals surface area contributed by atoms with E-state index < -0.39 is 10.0 Å². The smallest absolute Gasteiger partial charge is 0.264 e. The van der Waals surface area contributed by atoms with E-state index in [0.717, 1.165) is 4.90 Å². The SMILES string of the molecule is C[C@H](Sc1ccc(Cl)cc1)C(=O)Nc1ccc(S(=O)(=O)Nc2ncccn2)cc1. The van der Waals surface area contributed by atoms with Gasteiger partial charge in [-0.25, -0.2) is 23.1 Å². The fraction of sp³-hybridized carbons (Fsp3) is 0.105. The van der Waals surface area contributed by atoms with Crippen molar-refractivity contribution in [3.05, 3.63) is 72.0 Å². The maximum absolute atomic E-state index is 12.4. The van der Waals surface area contributed by atoms with Crippen LogP contribution in [0.4, 0.5) is 11.6 Å². The Morgan fingerprint density at radius 1 is 1.03 bits per heavy atom. The van der Waals surface area contributed by atoms with Crippen LogP contribution < -0.4 is 10.0 Å². The van der Waals surface area contributed by atoms with Gasteiger partial charge in [0.05, 0.1) is 10.1 Å². The van der Waals surface area contributed by atoms with Crippen LogP contribution in [0.3, 0.4) is 0 Å². The van der Waals surface area contributed by atoms with Crippen molar-refractivity contribution in [2.45, 2.75) is 22.0 Å². The minimum Gasteiger partial charge on any atom is -0.325 e. The Kier molecular flexibility index (Phi) is 6.73. The zero-order valence-electron chi connectivity index (χ0n) is 15.2. The number of hydrogen-bond acceptors (Lipinski definition) is 6. The average Bonchev–Trinajstić information content (AvgIpc) is 2.70. The van der Waals surface area contributed by atoms with Crippen molar-refractivity contribution in [1.29, 1.82) is 0 Å². The highest BCUT2D eigenvalue weighted by molar-refractivity contribution is 8.00. The number of nitrogens with one attached hydrogen (secondary N) is 2. The van der Waals surface area contributed by atoms with Crippen LogP contribution in [-0.2, 0) is 14.8 Å². The van der Waals surface area contributed by atoms with Gasteiger partial charge in [-0.05, 0) is 61.5 Å². The molecule has 0 aliphatic carbocycles. The maximum atomic E-state index is 12.4. The molecule has 1 amide bonds. The van der Waals surface area contributed by atoms with E-state index in [4.69, 9.17) is 11.6 Å². The van der Waals surface area contributed by atoms with Gasteiger partial charge in [0.1, 0.15) is 0 Å². The van der Waals surface area contributed by atoms with E-state index in [0.29, 0.717) is 10.7 Å². The third-order valence-corrected chi connectivity index (χ3v) is 6.43. The number of amides is 1. The molecule has 1 aromatic heterocycles. The lowest BCUT2D eigenvalue weighted by Crippen LogP contribution is -2.22. The predicted octanol–water partition coefficient (Wildman–Crippen LogP) is 4.05. The van der Waals surface area contributed by atoms with Crippen molar-refractivity contribution in [2.24, 2.45) is 0 Å². The number of carbonyl (C=O) groups is 1. The number of hydrogen-bond donors (Lipinski definition) is 2. The molecule has 0 saturated heterocycles. The number of halogens is 1. The van der Waals surface area contributed by atoms with Gasteiger partial charge < -0.3 is 5.32 Å². The summed E-state index contributed by atoms with van der Waals surface area (Å²) in [6.45, 7) is 1.79. The topological polar surface area (TPSA) is 101 Å². The highest BCUT2D eigenvalue weighted by Gasteiger charge is 2.17. The molecule has 150 valence electrons. The molecule has 2 aromatic carbocycles. The lowest BCUT2D eigenvalue weighted by atomic mass is 10.3. The van der Waals surface area contributed by atoms with Crippen LogP contribution in [-0.4, -0.2) is 29.5 Å². The minimum absolute atomic E-state index is 0.0158. The Morgan fingerprint density at radius 2 is 1.66 bits per heavy atom. The molecule has 0 unspecified atom stereocenters. The normalized spacial score (nSPS) is 12.2. The number of carbonyl (C=O) groups excluding carboxylic acids is 1. The highest BCUT2D eigenvalue weighted by Crippen LogP contribution is 2.26. The molecular weight excluding hydrogens is 432 g/mol. The Labute approximate surface area is 178 Å². The molecule has 0 saturated carbocycles. The Morgan fingerprint density at radius 3 is 2.28 bits per heavy atom. The summed E-state index contributed by atoms with van der Waals surface area (Å²) in [4.78, 5) is 21.0. The van der Waals surface area contributed by atoms with E-state index in [9.17, 15) is 13.2 Å². The van der Waals surface area contributed by atoms with E-state index in [-0.39, 0.29) is 22.0 Å². The molecule has 29 heavy (non-hydrogen) atoms. The number of rotatable bonds is 7. The first-order valence-electron chi connectivity index (χ1n) is 8.46. The third-order valence-electron chi connectivity index (χ3n) is 3.72. The molecule has 7 nitrogen and oxygen atoms in total. The predicted molar refractivity (Wildman–Crippen MR) is 115 cm³/mol. The van der Waals surface area contributed by atoms with Crippen molar-refractivity contribution in [1.82, 2.24) is 9.97 Å². The zero-order valence-corrected chi connectivity index (χ0v) is 17.6. The van der Waals surface area contributed by atoms with Crippen LogP contribution in [0.25, 0.3) is 0 Å². The van der Waals surface area contributed by atoms with Crippen molar-refractivity contribution in [3.63, 3.8) is 0 Å². The highest BCUT2D eigenvalue weighted by atomic mass is 35.5. The van der Waals surface area contributed by atoms with Gasteiger partial charge in [-0.2, -0.15) is 0 Å².